The first-order valence-corrected chi connectivity index (χ1v) is 11.4. The van der Waals surface area contributed by atoms with Gasteiger partial charge in [0.15, 0.2) is 0 Å². The molecule has 0 aliphatic carbocycles. The van der Waals surface area contributed by atoms with Gasteiger partial charge >= 0.3 is 0 Å². The Bertz CT molecular complexity index is 918. The number of benzene rings is 2. The Morgan fingerprint density at radius 3 is 2.41 bits per heavy atom. The van der Waals surface area contributed by atoms with Crippen molar-refractivity contribution in [2.45, 2.75) is 44.2 Å². The minimum absolute atomic E-state index is 0.100. The SMILES string of the molecule is CCN(Cc1ccc(C(=O)NC[C@H]2CCCO2)cc1)S(=O)(=O)c1ccc(C)cc1. The van der Waals surface area contributed by atoms with Crippen molar-refractivity contribution in [1.82, 2.24) is 9.62 Å². The van der Waals surface area contributed by atoms with E-state index in [1.165, 1.54) is 4.31 Å². The maximum absolute atomic E-state index is 12.9. The van der Waals surface area contributed by atoms with Crippen molar-refractivity contribution in [2.75, 3.05) is 19.7 Å². The number of nitrogens with one attached hydrogen (secondary N) is 1. The number of hydrogen-bond acceptors (Lipinski definition) is 4. The van der Waals surface area contributed by atoms with E-state index < -0.39 is 10.0 Å². The number of sulfonamides is 1. The molecule has 29 heavy (non-hydrogen) atoms. The highest BCUT2D eigenvalue weighted by molar-refractivity contribution is 7.89. The summed E-state index contributed by atoms with van der Waals surface area (Å²) < 4.78 is 32.8. The lowest BCUT2D eigenvalue weighted by molar-refractivity contribution is 0.0857. The molecule has 1 amide bonds. The topological polar surface area (TPSA) is 75.7 Å². The third kappa shape index (κ3) is 5.44. The van der Waals surface area contributed by atoms with Gasteiger partial charge in [-0.15, -0.1) is 0 Å². The summed E-state index contributed by atoms with van der Waals surface area (Å²) in [6.45, 7) is 5.63. The molecule has 2 aromatic rings. The molecule has 0 bridgehead atoms. The number of hydrogen-bond donors (Lipinski definition) is 1. The highest BCUT2D eigenvalue weighted by atomic mass is 32.2. The second-order valence-electron chi connectivity index (χ2n) is 7.29. The van der Waals surface area contributed by atoms with Gasteiger partial charge in [0, 0.05) is 31.8 Å². The Labute approximate surface area is 172 Å². The van der Waals surface area contributed by atoms with Crippen LogP contribution in [-0.4, -0.2) is 44.4 Å². The van der Waals surface area contributed by atoms with Crippen LogP contribution in [0.25, 0.3) is 0 Å². The lowest BCUT2D eigenvalue weighted by atomic mass is 10.1. The molecule has 7 heteroatoms. The molecule has 1 saturated heterocycles. The summed E-state index contributed by atoms with van der Waals surface area (Å²) in [5.74, 6) is -0.147. The molecular weight excluding hydrogens is 388 g/mol. The van der Waals surface area contributed by atoms with Crippen molar-refractivity contribution >= 4 is 15.9 Å². The summed E-state index contributed by atoms with van der Waals surface area (Å²) in [5, 5.41) is 2.89. The first-order valence-electron chi connectivity index (χ1n) is 9.95. The second-order valence-corrected chi connectivity index (χ2v) is 9.22. The van der Waals surface area contributed by atoms with Crippen LogP contribution in [0, 0.1) is 6.92 Å². The van der Waals surface area contributed by atoms with Gasteiger partial charge in [-0.2, -0.15) is 4.31 Å². The van der Waals surface area contributed by atoms with Gasteiger partial charge in [0.25, 0.3) is 5.91 Å². The van der Waals surface area contributed by atoms with Crippen molar-refractivity contribution in [3.63, 3.8) is 0 Å². The molecule has 156 valence electrons. The average molecular weight is 417 g/mol. The van der Waals surface area contributed by atoms with E-state index in [4.69, 9.17) is 4.74 Å². The minimum Gasteiger partial charge on any atom is -0.376 e. The Kier molecular flexibility index (Phi) is 7.05. The number of carbonyl (C=O) groups excluding carboxylic acids is 1. The molecule has 0 aromatic heterocycles. The normalized spacial score (nSPS) is 16.9. The van der Waals surface area contributed by atoms with E-state index in [2.05, 4.69) is 5.32 Å². The van der Waals surface area contributed by atoms with Crippen LogP contribution >= 0.6 is 0 Å². The quantitative estimate of drug-likeness (QED) is 0.717. The molecule has 1 fully saturated rings. The highest BCUT2D eigenvalue weighted by Crippen LogP contribution is 2.19. The minimum atomic E-state index is -3.57. The van der Waals surface area contributed by atoms with E-state index in [0.29, 0.717) is 18.7 Å². The molecule has 1 N–H and O–H groups in total. The summed E-state index contributed by atoms with van der Waals surface area (Å²) in [4.78, 5) is 12.6. The molecular formula is C22H28N2O4S. The van der Waals surface area contributed by atoms with E-state index >= 15 is 0 Å². The molecule has 1 aliphatic heterocycles. The molecule has 3 rings (SSSR count). The average Bonchev–Trinajstić information content (AvgIpc) is 3.24. The van der Waals surface area contributed by atoms with Gasteiger partial charge in [0.2, 0.25) is 10.0 Å². The largest absolute Gasteiger partial charge is 0.376 e. The summed E-state index contributed by atoms with van der Waals surface area (Å²) in [6, 6.07) is 13.9. The third-order valence-corrected chi connectivity index (χ3v) is 7.04. The molecule has 0 spiro atoms. The predicted molar refractivity (Wildman–Crippen MR) is 112 cm³/mol. The van der Waals surface area contributed by atoms with Gasteiger partial charge in [-0.25, -0.2) is 8.42 Å². The fourth-order valence-corrected chi connectivity index (χ4v) is 4.74. The van der Waals surface area contributed by atoms with Crippen LogP contribution in [-0.2, 0) is 21.3 Å². The van der Waals surface area contributed by atoms with E-state index in [1.807, 2.05) is 13.8 Å². The first kappa shape index (κ1) is 21.5. The highest BCUT2D eigenvalue weighted by Gasteiger charge is 2.23. The maximum Gasteiger partial charge on any atom is 0.251 e. The monoisotopic (exact) mass is 416 g/mol. The summed E-state index contributed by atoms with van der Waals surface area (Å²) in [5.41, 5.74) is 2.40. The van der Waals surface area contributed by atoms with E-state index in [1.54, 1.807) is 48.5 Å². The van der Waals surface area contributed by atoms with E-state index in [0.717, 1.165) is 30.6 Å². The number of rotatable bonds is 8. The standard InChI is InChI=1S/C22H28N2O4S/c1-3-24(29(26,27)21-12-6-17(2)7-13-21)16-18-8-10-19(11-9-18)22(25)23-15-20-5-4-14-28-20/h6-13,20H,3-5,14-16H2,1-2H3,(H,23,25)/t20-/m1/s1. The van der Waals surface area contributed by atoms with E-state index in [-0.39, 0.29) is 23.5 Å². The molecule has 1 atom stereocenters. The smallest absolute Gasteiger partial charge is 0.251 e. The Morgan fingerprint density at radius 1 is 1.14 bits per heavy atom. The Balaban J connectivity index is 1.64. The van der Waals surface area contributed by atoms with Gasteiger partial charge in [-0.3, -0.25) is 4.79 Å². The lowest BCUT2D eigenvalue weighted by Crippen LogP contribution is -2.32. The molecule has 1 aliphatic rings. The van der Waals surface area contributed by atoms with Crippen LogP contribution in [0.3, 0.4) is 0 Å². The van der Waals surface area contributed by atoms with Crippen molar-refractivity contribution in [3.8, 4) is 0 Å². The first-order chi connectivity index (χ1) is 13.9. The molecule has 2 aromatic carbocycles. The van der Waals surface area contributed by atoms with Crippen molar-refractivity contribution < 1.29 is 17.9 Å². The molecule has 6 nitrogen and oxygen atoms in total. The lowest BCUT2D eigenvalue weighted by Gasteiger charge is -2.21. The van der Waals surface area contributed by atoms with Crippen LogP contribution in [0.15, 0.2) is 53.4 Å². The predicted octanol–water partition coefficient (Wildman–Crippen LogP) is 3.11. The number of amides is 1. The fourth-order valence-electron chi connectivity index (χ4n) is 3.31. The summed E-state index contributed by atoms with van der Waals surface area (Å²) >= 11 is 0. The van der Waals surface area contributed by atoms with Gasteiger partial charge < -0.3 is 10.1 Å². The van der Waals surface area contributed by atoms with Crippen LogP contribution < -0.4 is 5.32 Å². The Morgan fingerprint density at radius 2 is 1.83 bits per heavy atom. The fraction of sp³-hybridized carbons (Fsp3) is 0.409. The zero-order valence-corrected chi connectivity index (χ0v) is 17.7. The van der Waals surface area contributed by atoms with Crippen LogP contribution in [0.5, 0.6) is 0 Å². The molecule has 0 saturated carbocycles. The number of aryl methyl sites for hydroxylation is 1. The third-order valence-electron chi connectivity index (χ3n) is 5.10. The maximum atomic E-state index is 12.9. The van der Waals surface area contributed by atoms with Crippen molar-refractivity contribution in [2.24, 2.45) is 0 Å². The summed E-state index contributed by atoms with van der Waals surface area (Å²) in [6.07, 6.45) is 2.11. The number of nitrogens with zero attached hydrogens (tertiary/aromatic N) is 1. The molecule has 0 unspecified atom stereocenters. The zero-order valence-electron chi connectivity index (χ0n) is 16.9. The van der Waals surface area contributed by atoms with Crippen LogP contribution in [0.4, 0.5) is 0 Å². The van der Waals surface area contributed by atoms with Crippen molar-refractivity contribution in [3.05, 3.63) is 65.2 Å². The molecule has 1 heterocycles. The van der Waals surface area contributed by atoms with Gasteiger partial charge in [0.1, 0.15) is 0 Å². The van der Waals surface area contributed by atoms with E-state index in [9.17, 15) is 13.2 Å². The summed E-state index contributed by atoms with van der Waals surface area (Å²) in [7, 11) is -3.57. The number of ether oxygens (including phenoxy) is 1. The van der Waals surface area contributed by atoms with Gasteiger partial charge in [-0.05, 0) is 49.6 Å². The second kappa shape index (κ2) is 9.52. The number of carbonyl (C=O) groups is 1. The van der Waals surface area contributed by atoms with Crippen LogP contribution in [0.2, 0.25) is 0 Å². The van der Waals surface area contributed by atoms with Gasteiger partial charge in [0.05, 0.1) is 11.0 Å². The van der Waals surface area contributed by atoms with Crippen molar-refractivity contribution in [1.29, 1.82) is 0 Å². The van der Waals surface area contributed by atoms with Crippen LogP contribution in [0.1, 0.15) is 41.3 Å². The Hall–Kier alpha value is -2.22. The van der Waals surface area contributed by atoms with Gasteiger partial charge in [-0.1, -0.05) is 36.8 Å². The zero-order chi connectivity index (χ0) is 20.9. The molecule has 0 radical (unpaired) electrons.